The zero-order chi connectivity index (χ0) is 13.3. The summed E-state index contributed by atoms with van der Waals surface area (Å²) in [5, 5.41) is 0.641. The van der Waals surface area contributed by atoms with Crippen molar-refractivity contribution >= 4 is 21.0 Å². The summed E-state index contributed by atoms with van der Waals surface area (Å²) in [4.78, 5) is 12.3. The highest BCUT2D eigenvalue weighted by Crippen LogP contribution is 2.67. The van der Waals surface area contributed by atoms with Gasteiger partial charge in [-0.25, -0.2) is 0 Å². The van der Waals surface area contributed by atoms with Crippen LogP contribution < -0.4 is 0 Å². The third-order valence-corrected chi connectivity index (χ3v) is 27.0. The molecule has 0 radical (unpaired) electrons. The first-order valence-electron chi connectivity index (χ1n) is 7.70. The molecule has 0 aromatic carbocycles. The lowest BCUT2D eigenvalue weighted by Crippen LogP contribution is -2.66. The summed E-state index contributed by atoms with van der Waals surface area (Å²) >= 11 is 0. The summed E-state index contributed by atoms with van der Waals surface area (Å²) in [6.45, 7) is 13.1. The first kappa shape index (κ1) is 13.1. The van der Waals surface area contributed by atoms with Gasteiger partial charge in [-0.2, -0.15) is 0 Å². The van der Waals surface area contributed by atoms with Gasteiger partial charge in [0, 0.05) is 27.0 Å². The Morgan fingerprint density at radius 3 is 1.89 bits per heavy atom. The number of carbonyl (C=O) groups excluding carboxylic acids is 1. The molecule has 0 heterocycles. The lowest BCUT2D eigenvalue weighted by Gasteiger charge is -2.63. The van der Waals surface area contributed by atoms with E-state index in [9.17, 15) is 4.79 Å². The largest absolute Gasteiger partial charge is 0.299 e. The zero-order valence-corrected chi connectivity index (χ0v) is 14.7. The molecule has 4 fully saturated rings. The fraction of sp³-hybridized carbons (Fsp3) is 0.933. The first-order valence-corrected chi connectivity index (χ1v) is 15.2. The molecular formula is C15H28OSi2. The van der Waals surface area contributed by atoms with Crippen LogP contribution >= 0.6 is 0 Å². The van der Waals surface area contributed by atoms with E-state index >= 15 is 0 Å². The van der Waals surface area contributed by atoms with E-state index in [1.807, 2.05) is 0 Å². The topological polar surface area (TPSA) is 17.1 Å². The third kappa shape index (κ3) is 1.52. The van der Waals surface area contributed by atoms with Crippen molar-refractivity contribution in [1.82, 2.24) is 0 Å². The molecule has 4 bridgehead atoms. The van der Waals surface area contributed by atoms with Crippen molar-refractivity contribution in [3.05, 3.63) is 0 Å². The molecule has 0 N–H and O–H groups in total. The Labute approximate surface area is 114 Å². The number of hydrogen-bond acceptors (Lipinski definition) is 1. The van der Waals surface area contributed by atoms with Crippen molar-refractivity contribution in [2.45, 2.75) is 69.9 Å². The molecule has 4 saturated carbocycles. The third-order valence-electron chi connectivity index (χ3n) is 7.19. The van der Waals surface area contributed by atoms with Crippen LogP contribution in [0.4, 0.5) is 0 Å². The van der Waals surface area contributed by atoms with Crippen molar-refractivity contribution in [3.63, 3.8) is 0 Å². The summed E-state index contributed by atoms with van der Waals surface area (Å²) in [5.41, 5.74) is 0. The Hall–Kier alpha value is 0.104. The normalized spacial score (nSPS) is 43.6. The van der Waals surface area contributed by atoms with Crippen molar-refractivity contribution in [1.29, 1.82) is 0 Å². The van der Waals surface area contributed by atoms with E-state index in [4.69, 9.17) is 0 Å². The fourth-order valence-corrected chi connectivity index (χ4v) is 14.9. The molecule has 0 aromatic rings. The molecular weight excluding hydrogens is 252 g/mol. The van der Waals surface area contributed by atoms with Gasteiger partial charge in [0.2, 0.25) is 0 Å². The molecule has 4 aliphatic rings. The second-order valence-corrected chi connectivity index (χ2v) is 26.0. The Bertz CT molecular complexity index is 376. The van der Waals surface area contributed by atoms with Gasteiger partial charge in [-0.15, -0.1) is 0 Å². The molecule has 0 amide bonds. The zero-order valence-electron chi connectivity index (χ0n) is 12.7. The van der Waals surface area contributed by atoms with Crippen LogP contribution in [0.15, 0.2) is 0 Å². The Morgan fingerprint density at radius 2 is 1.44 bits per heavy atom. The van der Waals surface area contributed by atoms with Crippen LogP contribution in [-0.4, -0.2) is 21.0 Å². The molecule has 4 atom stereocenters. The predicted octanol–water partition coefficient (Wildman–Crippen LogP) is 4.26. The molecule has 0 spiro atoms. The smallest absolute Gasteiger partial charge is 0.139 e. The summed E-state index contributed by atoms with van der Waals surface area (Å²) in [6.07, 6.45) is 6.53. The highest BCUT2D eigenvalue weighted by molar-refractivity contribution is 7.41. The van der Waals surface area contributed by atoms with Gasteiger partial charge in [-0.05, 0) is 43.1 Å². The van der Waals surface area contributed by atoms with Crippen molar-refractivity contribution < 1.29 is 4.79 Å². The maximum Gasteiger partial charge on any atom is 0.139 e. The molecule has 4 rings (SSSR count). The van der Waals surface area contributed by atoms with Crippen LogP contribution in [0.3, 0.4) is 0 Å². The lowest BCUT2D eigenvalue weighted by atomic mass is 9.55. The number of rotatable bonds is 2. The monoisotopic (exact) mass is 280 g/mol. The number of hydrogen-bond donors (Lipinski definition) is 0. The van der Waals surface area contributed by atoms with E-state index in [0.29, 0.717) is 22.7 Å². The molecule has 0 aromatic heterocycles. The minimum atomic E-state index is -1.20. The van der Waals surface area contributed by atoms with Gasteiger partial charge in [-0.1, -0.05) is 32.7 Å². The molecule has 3 heteroatoms. The second kappa shape index (κ2) is 3.60. The average Bonchev–Trinajstić information content (AvgIpc) is 2.22. The lowest BCUT2D eigenvalue weighted by molar-refractivity contribution is -0.139. The van der Waals surface area contributed by atoms with Crippen LogP contribution in [0, 0.1) is 17.8 Å². The number of Topliss-reactive ketones (excluding diaryl/α,β-unsaturated/α-hetero) is 1. The van der Waals surface area contributed by atoms with E-state index in [1.165, 1.54) is 32.1 Å². The van der Waals surface area contributed by atoms with Crippen molar-refractivity contribution in [2.24, 2.45) is 17.8 Å². The molecule has 2 unspecified atom stereocenters. The minimum absolute atomic E-state index is 0.472. The van der Waals surface area contributed by atoms with Gasteiger partial charge in [-0.3, -0.25) is 4.79 Å². The van der Waals surface area contributed by atoms with E-state index in [-0.39, 0.29) is 0 Å². The van der Waals surface area contributed by atoms with Gasteiger partial charge in [0.15, 0.2) is 0 Å². The number of ketones is 1. The predicted molar refractivity (Wildman–Crippen MR) is 82.1 cm³/mol. The van der Waals surface area contributed by atoms with Crippen LogP contribution in [0.5, 0.6) is 0 Å². The average molecular weight is 281 g/mol. The molecule has 4 aliphatic carbocycles. The van der Waals surface area contributed by atoms with Gasteiger partial charge >= 0.3 is 0 Å². The molecule has 0 aliphatic heterocycles. The first-order chi connectivity index (χ1) is 8.16. The molecule has 1 nitrogen and oxygen atoms in total. The highest BCUT2D eigenvalue weighted by atomic mass is 29.3. The summed E-state index contributed by atoms with van der Waals surface area (Å²) in [7, 11) is -2.26. The maximum absolute atomic E-state index is 12.3. The SMILES string of the molecule is C[Si](C)(C)[Si](C)(C)C12CC3C[C@H](C1)C(=O)[C@@H](C3)C2. The van der Waals surface area contributed by atoms with E-state index < -0.39 is 15.2 Å². The molecule has 102 valence electrons. The maximum atomic E-state index is 12.3. The summed E-state index contributed by atoms with van der Waals surface area (Å²) < 4.78 is 0. The Balaban J connectivity index is 2.00. The highest BCUT2D eigenvalue weighted by Gasteiger charge is 2.63. The van der Waals surface area contributed by atoms with Crippen molar-refractivity contribution in [3.8, 4) is 0 Å². The van der Waals surface area contributed by atoms with Crippen LogP contribution in [0.1, 0.15) is 32.1 Å². The van der Waals surface area contributed by atoms with Crippen molar-refractivity contribution in [2.75, 3.05) is 0 Å². The standard InChI is InChI=1S/C15H28OSi2/c1-17(2,3)18(4,5)15-8-11-6-12(9-15)14(16)13(7-11)10-15/h11-13H,6-10H2,1-5H3/t11?,12-,13+,15?. The van der Waals surface area contributed by atoms with E-state index in [2.05, 4.69) is 32.7 Å². The molecule has 18 heavy (non-hydrogen) atoms. The summed E-state index contributed by atoms with van der Waals surface area (Å²) in [6, 6.07) is 0. The van der Waals surface area contributed by atoms with Crippen LogP contribution in [0.25, 0.3) is 0 Å². The van der Waals surface area contributed by atoms with Crippen LogP contribution in [-0.2, 0) is 4.79 Å². The van der Waals surface area contributed by atoms with E-state index in [0.717, 1.165) is 5.92 Å². The van der Waals surface area contributed by atoms with Gasteiger partial charge in [0.05, 0.1) is 0 Å². The quantitative estimate of drug-likeness (QED) is 0.691. The number of carbonyl (C=O) groups is 1. The Kier molecular flexibility index (Phi) is 2.62. The minimum Gasteiger partial charge on any atom is -0.299 e. The second-order valence-electron chi connectivity index (χ2n) is 8.90. The van der Waals surface area contributed by atoms with Gasteiger partial charge < -0.3 is 0 Å². The van der Waals surface area contributed by atoms with Gasteiger partial charge in [0.25, 0.3) is 0 Å². The molecule has 0 saturated heterocycles. The fourth-order valence-electron chi connectivity index (χ4n) is 5.31. The Morgan fingerprint density at radius 1 is 0.944 bits per heavy atom. The summed E-state index contributed by atoms with van der Waals surface area (Å²) in [5.74, 6) is 2.50. The van der Waals surface area contributed by atoms with Gasteiger partial charge in [0.1, 0.15) is 5.78 Å². The van der Waals surface area contributed by atoms with E-state index in [1.54, 1.807) is 0 Å². The van der Waals surface area contributed by atoms with Crippen LogP contribution in [0.2, 0.25) is 37.8 Å².